The van der Waals surface area contributed by atoms with E-state index in [1.165, 1.54) is 7.11 Å². The summed E-state index contributed by atoms with van der Waals surface area (Å²) in [4.78, 5) is 11.3. The largest absolute Gasteiger partial charge is 0.466 e. The summed E-state index contributed by atoms with van der Waals surface area (Å²) < 4.78 is 29.6. The molecule has 0 saturated heterocycles. The van der Waals surface area contributed by atoms with Crippen molar-refractivity contribution in [3.05, 3.63) is 11.6 Å². The number of methoxy groups -OCH3 is 1. The van der Waals surface area contributed by atoms with E-state index >= 15 is 0 Å². The second-order valence-electron chi connectivity index (χ2n) is 5.07. The highest BCUT2D eigenvalue weighted by atomic mass is 32.2. The molecule has 0 saturated carbocycles. The zero-order chi connectivity index (χ0) is 13.9. The van der Waals surface area contributed by atoms with Crippen LogP contribution in [0.25, 0.3) is 0 Å². The fourth-order valence-electron chi connectivity index (χ4n) is 1.17. The lowest BCUT2D eigenvalue weighted by Gasteiger charge is -2.28. The van der Waals surface area contributed by atoms with Crippen LogP contribution in [0.15, 0.2) is 11.6 Å². The Morgan fingerprint density at radius 3 is 2.12 bits per heavy atom. The van der Waals surface area contributed by atoms with E-state index < -0.39 is 22.0 Å². The normalized spacial score (nSPS) is 15.5. The molecule has 1 N–H and O–H groups in total. The van der Waals surface area contributed by atoms with Gasteiger partial charge < -0.3 is 4.74 Å². The number of hydrogen-bond acceptors (Lipinski definition) is 4. The average Bonchev–Trinajstić information content (AvgIpc) is 2.11. The molecule has 0 amide bonds. The standard InChI is InChI=1S/C11H21NO4S/c1-8(10(13)16-5)7-9(11(2,3)4)12-17(6,14)15/h7,9,12H,1-6H3/b8-7+/t9-/m1/s1. The number of carbonyl (C=O) groups is 1. The minimum Gasteiger partial charge on any atom is -0.466 e. The minimum atomic E-state index is -3.33. The Labute approximate surface area is 103 Å². The first-order valence-corrected chi connectivity index (χ1v) is 7.10. The SMILES string of the molecule is COC(=O)/C(C)=C/[C@@H](NS(C)(=O)=O)C(C)(C)C. The molecule has 0 aliphatic carbocycles. The molecule has 0 rings (SSSR count). The van der Waals surface area contributed by atoms with Gasteiger partial charge in [-0.05, 0) is 12.3 Å². The summed E-state index contributed by atoms with van der Waals surface area (Å²) in [5.41, 5.74) is 0.0434. The molecule has 0 aromatic carbocycles. The topological polar surface area (TPSA) is 72.5 Å². The number of esters is 1. The van der Waals surface area contributed by atoms with Gasteiger partial charge in [-0.1, -0.05) is 26.8 Å². The maximum Gasteiger partial charge on any atom is 0.333 e. The molecule has 0 radical (unpaired) electrons. The summed E-state index contributed by atoms with van der Waals surface area (Å²) in [6.07, 6.45) is 2.67. The van der Waals surface area contributed by atoms with Gasteiger partial charge in [-0.3, -0.25) is 0 Å². The van der Waals surface area contributed by atoms with Gasteiger partial charge in [0, 0.05) is 11.6 Å². The summed E-state index contributed by atoms with van der Waals surface area (Å²) in [5.74, 6) is -0.463. The zero-order valence-corrected chi connectivity index (χ0v) is 12.0. The van der Waals surface area contributed by atoms with Crippen LogP contribution in [0.4, 0.5) is 0 Å². The fourth-order valence-corrected chi connectivity index (χ4v) is 2.05. The molecule has 0 heterocycles. The molecule has 0 aliphatic heterocycles. The van der Waals surface area contributed by atoms with Gasteiger partial charge in [0.2, 0.25) is 10.0 Å². The van der Waals surface area contributed by atoms with Crippen molar-refractivity contribution in [1.29, 1.82) is 0 Å². The van der Waals surface area contributed by atoms with Gasteiger partial charge in [-0.15, -0.1) is 0 Å². The highest BCUT2D eigenvalue weighted by Crippen LogP contribution is 2.22. The predicted molar refractivity (Wildman–Crippen MR) is 67.0 cm³/mol. The Morgan fingerprint density at radius 2 is 1.82 bits per heavy atom. The Bertz CT molecular complexity index is 404. The first-order valence-electron chi connectivity index (χ1n) is 5.21. The number of hydrogen-bond donors (Lipinski definition) is 1. The van der Waals surface area contributed by atoms with Crippen molar-refractivity contribution in [3.8, 4) is 0 Å². The van der Waals surface area contributed by atoms with Gasteiger partial charge >= 0.3 is 5.97 Å². The predicted octanol–water partition coefficient (Wildman–Crippen LogP) is 1.07. The van der Waals surface area contributed by atoms with E-state index in [0.29, 0.717) is 5.57 Å². The molecule has 6 heteroatoms. The third-order valence-corrected chi connectivity index (χ3v) is 2.88. The summed E-state index contributed by atoms with van der Waals surface area (Å²) in [5, 5.41) is 0. The Morgan fingerprint density at radius 1 is 1.35 bits per heavy atom. The lowest BCUT2D eigenvalue weighted by molar-refractivity contribution is -0.136. The van der Waals surface area contributed by atoms with Crippen molar-refractivity contribution in [2.24, 2.45) is 5.41 Å². The second-order valence-corrected chi connectivity index (χ2v) is 6.86. The van der Waals surface area contributed by atoms with Crippen LogP contribution in [0.1, 0.15) is 27.7 Å². The van der Waals surface area contributed by atoms with Crippen LogP contribution in [0.3, 0.4) is 0 Å². The van der Waals surface area contributed by atoms with Gasteiger partial charge in [0.15, 0.2) is 0 Å². The second kappa shape index (κ2) is 5.64. The first kappa shape index (κ1) is 16.1. The van der Waals surface area contributed by atoms with E-state index in [0.717, 1.165) is 6.26 Å². The van der Waals surface area contributed by atoms with Gasteiger partial charge in [0.25, 0.3) is 0 Å². The van der Waals surface area contributed by atoms with Gasteiger partial charge in [0.1, 0.15) is 0 Å². The lowest BCUT2D eigenvalue weighted by Crippen LogP contribution is -2.42. The van der Waals surface area contributed by atoms with Crippen LogP contribution in [-0.2, 0) is 19.6 Å². The molecule has 0 aromatic rings. The highest BCUT2D eigenvalue weighted by Gasteiger charge is 2.26. The molecule has 100 valence electrons. The Balaban J connectivity index is 5.17. The molecule has 0 aliphatic rings. The van der Waals surface area contributed by atoms with E-state index in [1.807, 2.05) is 20.8 Å². The number of sulfonamides is 1. The summed E-state index contributed by atoms with van der Waals surface area (Å²) >= 11 is 0. The van der Waals surface area contributed by atoms with Gasteiger partial charge in [0.05, 0.1) is 13.4 Å². The molecule has 0 spiro atoms. The number of rotatable bonds is 4. The number of ether oxygens (including phenoxy) is 1. The smallest absolute Gasteiger partial charge is 0.333 e. The van der Waals surface area contributed by atoms with Crippen molar-refractivity contribution in [2.45, 2.75) is 33.7 Å². The molecule has 5 nitrogen and oxygen atoms in total. The van der Waals surface area contributed by atoms with Crippen LogP contribution in [0.5, 0.6) is 0 Å². The van der Waals surface area contributed by atoms with Crippen molar-refractivity contribution < 1.29 is 17.9 Å². The molecule has 17 heavy (non-hydrogen) atoms. The summed E-state index contributed by atoms with van der Waals surface area (Å²) in [7, 11) is -2.04. The van der Waals surface area contributed by atoms with Gasteiger partial charge in [-0.25, -0.2) is 17.9 Å². The first-order chi connectivity index (χ1) is 7.47. The summed E-state index contributed by atoms with van der Waals surface area (Å²) in [6.45, 7) is 7.25. The zero-order valence-electron chi connectivity index (χ0n) is 11.2. The van der Waals surface area contributed by atoms with E-state index in [2.05, 4.69) is 9.46 Å². The number of carbonyl (C=O) groups excluding carboxylic acids is 1. The molecule has 0 aromatic heterocycles. The third kappa shape index (κ3) is 6.43. The van der Waals surface area contributed by atoms with Crippen molar-refractivity contribution in [3.63, 3.8) is 0 Å². The maximum atomic E-state index is 11.3. The van der Waals surface area contributed by atoms with E-state index in [9.17, 15) is 13.2 Å². The fraction of sp³-hybridized carbons (Fsp3) is 0.727. The van der Waals surface area contributed by atoms with E-state index in [-0.39, 0.29) is 5.41 Å². The van der Waals surface area contributed by atoms with E-state index in [4.69, 9.17) is 0 Å². The Hall–Kier alpha value is -0.880. The van der Waals surface area contributed by atoms with Gasteiger partial charge in [-0.2, -0.15) is 0 Å². The molecule has 0 unspecified atom stereocenters. The monoisotopic (exact) mass is 263 g/mol. The van der Waals surface area contributed by atoms with Crippen molar-refractivity contribution in [2.75, 3.05) is 13.4 Å². The summed E-state index contributed by atoms with van der Waals surface area (Å²) in [6, 6.07) is -0.461. The number of nitrogens with one attached hydrogen (secondary N) is 1. The van der Waals surface area contributed by atoms with Crippen LogP contribution >= 0.6 is 0 Å². The minimum absolute atomic E-state index is 0.335. The molecular formula is C11H21NO4S. The molecule has 0 fully saturated rings. The van der Waals surface area contributed by atoms with Crippen LogP contribution < -0.4 is 4.72 Å². The van der Waals surface area contributed by atoms with Crippen LogP contribution in [-0.4, -0.2) is 33.8 Å². The quantitative estimate of drug-likeness (QED) is 0.608. The third-order valence-electron chi connectivity index (χ3n) is 2.20. The molecule has 1 atom stereocenters. The highest BCUT2D eigenvalue weighted by molar-refractivity contribution is 7.88. The van der Waals surface area contributed by atoms with Crippen molar-refractivity contribution >= 4 is 16.0 Å². The molecule has 0 bridgehead atoms. The van der Waals surface area contributed by atoms with Crippen LogP contribution in [0, 0.1) is 5.41 Å². The maximum absolute atomic E-state index is 11.3. The average molecular weight is 263 g/mol. The molecular weight excluding hydrogens is 242 g/mol. The van der Waals surface area contributed by atoms with Crippen LogP contribution in [0.2, 0.25) is 0 Å². The lowest BCUT2D eigenvalue weighted by atomic mass is 9.86. The Kier molecular flexibility index (Phi) is 5.35. The van der Waals surface area contributed by atoms with E-state index in [1.54, 1.807) is 13.0 Å². The van der Waals surface area contributed by atoms with Crippen molar-refractivity contribution in [1.82, 2.24) is 4.72 Å².